The van der Waals surface area contributed by atoms with Crippen LogP contribution >= 0.6 is 11.8 Å². The maximum atomic E-state index is 4.00. The Morgan fingerprint density at radius 1 is 1.75 bits per heavy atom. The summed E-state index contributed by atoms with van der Waals surface area (Å²) in [4.78, 5) is 4.00. The third-order valence-corrected chi connectivity index (χ3v) is 1.38. The molecule has 1 rings (SSSR count). The van der Waals surface area contributed by atoms with Crippen molar-refractivity contribution < 1.29 is 0 Å². The highest BCUT2D eigenvalue weighted by molar-refractivity contribution is 7.98. The monoisotopic (exact) mass is 124 g/mol. The minimum atomic E-state index is 0.951. The largest absolute Gasteiger partial charge is 0.249 e. The normalized spacial score (nSPS) is 9.12. The van der Waals surface area contributed by atoms with Crippen molar-refractivity contribution in [1.29, 1.82) is 0 Å². The molecule has 0 fully saturated rings. The average Bonchev–Trinajstić information content (AvgIpc) is 1.90. The van der Waals surface area contributed by atoms with Crippen molar-refractivity contribution >= 4 is 11.8 Å². The van der Waals surface area contributed by atoms with Crippen LogP contribution < -0.4 is 0 Å². The molecule has 1 aromatic rings. The fourth-order valence-corrected chi connectivity index (χ4v) is 0.774. The number of hydrogen-bond donors (Lipinski definition) is 0. The number of nitrogens with zero attached hydrogens (tertiary/aromatic N) is 1. The summed E-state index contributed by atoms with van der Waals surface area (Å²) in [7, 11) is 0. The second-order valence-electron chi connectivity index (χ2n) is 1.29. The number of hydrogen-bond acceptors (Lipinski definition) is 2. The first-order valence-electron chi connectivity index (χ1n) is 2.30. The lowest BCUT2D eigenvalue weighted by molar-refractivity contribution is 1.13. The van der Waals surface area contributed by atoms with Crippen LogP contribution in [0.3, 0.4) is 0 Å². The van der Waals surface area contributed by atoms with E-state index in [1.165, 1.54) is 0 Å². The Labute approximate surface area is 53.1 Å². The van der Waals surface area contributed by atoms with Gasteiger partial charge in [0.15, 0.2) is 0 Å². The molecule has 0 aliphatic heterocycles. The van der Waals surface area contributed by atoms with Gasteiger partial charge in [-0.25, -0.2) is 4.98 Å². The van der Waals surface area contributed by atoms with Gasteiger partial charge < -0.3 is 0 Å². The fraction of sp³-hybridized carbons (Fsp3) is 0.167. The van der Waals surface area contributed by atoms with Gasteiger partial charge in [0.2, 0.25) is 0 Å². The minimum Gasteiger partial charge on any atom is -0.249 e. The molecule has 0 atom stereocenters. The zero-order valence-electron chi connectivity index (χ0n) is 4.59. The Balaban J connectivity index is 2.83. The zero-order chi connectivity index (χ0) is 5.82. The van der Waals surface area contributed by atoms with E-state index in [9.17, 15) is 0 Å². The van der Waals surface area contributed by atoms with Gasteiger partial charge in [-0.15, -0.1) is 11.8 Å². The van der Waals surface area contributed by atoms with Gasteiger partial charge in [-0.3, -0.25) is 0 Å². The van der Waals surface area contributed by atoms with Crippen LogP contribution in [-0.2, 0) is 0 Å². The van der Waals surface area contributed by atoms with Crippen LogP contribution in [-0.4, -0.2) is 11.2 Å². The zero-order valence-corrected chi connectivity index (χ0v) is 5.40. The molecule has 0 N–H and O–H groups in total. The molecule has 0 aliphatic carbocycles. The Morgan fingerprint density at radius 2 is 2.62 bits per heavy atom. The number of pyridine rings is 1. The molecule has 8 heavy (non-hydrogen) atoms. The quantitative estimate of drug-likeness (QED) is 0.527. The van der Waals surface area contributed by atoms with Crippen LogP contribution in [0.15, 0.2) is 23.4 Å². The predicted octanol–water partition coefficient (Wildman–Crippen LogP) is 1.60. The van der Waals surface area contributed by atoms with Crippen molar-refractivity contribution in [1.82, 2.24) is 4.98 Å². The highest BCUT2D eigenvalue weighted by Crippen LogP contribution is 2.06. The summed E-state index contributed by atoms with van der Waals surface area (Å²) in [6.45, 7) is 0. The smallest absolute Gasteiger partial charge is 0.104 e. The average molecular weight is 124 g/mol. The molecule has 0 aromatic carbocycles. The van der Waals surface area contributed by atoms with Gasteiger partial charge in [-0.1, -0.05) is 6.07 Å². The third-order valence-electron chi connectivity index (χ3n) is 0.774. The van der Waals surface area contributed by atoms with E-state index in [1.54, 1.807) is 18.0 Å². The molecule has 1 aromatic heterocycles. The van der Waals surface area contributed by atoms with Gasteiger partial charge >= 0.3 is 0 Å². The molecule has 2 heteroatoms. The topological polar surface area (TPSA) is 12.9 Å². The van der Waals surface area contributed by atoms with Crippen molar-refractivity contribution in [3.8, 4) is 0 Å². The summed E-state index contributed by atoms with van der Waals surface area (Å²) in [5.74, 6) is 0. The Hall–Kier alpha value is -0.500. The van der Waals surface area contributed by atoms with Gasteiger partial charge in [0.1, 0.15) is 5.03 Å². The summed E-state index contributed by atoms with van der Waals surface area (Å²) in [5, 5.41) is 0.951. The van der Waals surface area contributed by atoms with Crippen molar-refractivity contribution in [2.75, 3.05) is 6.26 Å². The summed E-state index contributed by atoms with van der Waals surface area (Å²) >= 11 is 1.60. The SMILES string of the molecule is CSc1[c]cccn1. The highest BCUT2D eigenvalue weighted by atomic mass is 32.2. The molecule has 0 saturated heterocycles. The lowest BCUT2D eigenvalue weighted by atomic mass is 10.5. The molecule has 0 spiro atoms. The number of aromatic nitrogens is 1. The van der Waals surface area contributed by atoms with Gasteiger partial charge in [0.25, 0.3) is 0 Å². The maximum absolute atomic E-state index is 4.00. The summed E-state index contributed by atoms with van der Waals surface area (Å²) in [6.07, 6.45) is 3.75. The number of thioether (sulfide) groups is 1. The molecule has 0 unspecified atom stereocenters. The molecule has 1 heterocycles. The second kappa shape index (κ2) is 2.72. The van der Waals surface area contributed by atoms with E-state index in [2.05, 4.69) is 11.1 Å². The summed E-state index contributed by atoms with van der Waals surface area (Å²) in [5.41, 5.74) is 0. The summed E-state index contributed by atoms with van der Waals surface area (Å²) < 4.78 is 0. The van der Waals surface area contributed by atoms with Crippen LogP contribution in [0.2, 0.25) is 0 Å². The minimum absolute atomic E-state index is 0.951. The molecule has 0 saturated carbocycles. The molecular formula is C6H6NS. The third kappa shape index (κ3) is 1.23. The van der Waals surface area contributed by atoms with Crippen molar-refractivity contribution in [3.63, 3.8) is 0 Å². The summed E-state index contributed by atoms with van der Waals surface area (Å²) in [6, 6.07) is 6.69. The molecule has 0 bridgehead atoms. The van der Waals surface area contributed by atoms with Crippen LogP contribution in [0, 0.1) is 6.07 Å². The lowest BCUT2D eigenvalue weighted by Gasteiger charge is -1.87. The maximum Gasteiger partial charge on any atom is 0.104 e. The highest BCUT2D eigenvalue weighted by Gasteiger charge is 1.83. The first-order chi connectivity index (χ1) is 3.93. The first kappa shape index (κ1) is 5.63. The van der Waals surface area contributed by atoms with Crippen molar-refractivity contribution in [3.05, 3.63) is 24.4 Å². The molecule has 41 valence electrons. The van der Waals surface area contributed by atoms with E-state index in [1.807, 2.05) is 18.4 Å². The van der Waals surface area contributed by atoms with E-state index >= 15 is 0 Å². The standard InChI is InChI=1S/C6H6NS/c1-8-6-4-2-3-5-7-6/h2-3,5H,1H3. The molecule has 0 amide bonds. The van der Waals surface area contributed by atoms with Crippen molar-refractivity contribution in [2.24, 2.45) is 0 Å². The van der Waals surface area contributed by atoms with Crippen molar-refractivity contribution in [2.45, 2.75) is 5.03 Å². The Kier molecular flexibility index (Phi) is 1.92. The van der Waals surface area contributed by atoms with Gasteiger partial charge in [0, 0.05) is 12.3 Å². The fourth-order valence-electron chi connectivity index (χ4n) is 0.422. The van der Waals surface area contributed by atoms with E-state index in [-0.39, 0.29) is 0 Å². The van der Waals surface area contributed by atoms with E-state index < -0.39 is 0 Å². The van der Waals surface area contributed by atoms with E-state index in [0.717, 1.165) is 5.03 Å². The number of rotatable bonds is 1. The van der Waals surface area contributed by atoms with Crippen LogP contribution in [0.4, 0.5) is 0 Å². The van der Waals surface area contributed by atoms with Gasteiger partial charge in [0.05, 0.1) is 0 Å². The Morgan fingerprint density at radius 3 is 3.00 bits per heavy atom. The van der Waals surface area contributed by atoms with E-state index in [0.29, 0.717) is 0 Å². The van der Waals surface area contributed by atoms with Gasteiger partial charge in [-0.05, 0) is 12.3 Å². The molecular weight excluding hydrogens is 118 g/mol. The second-order valence-corrected chi connectivity index (χ2v) is 2.09. The lowest BCUT2D eigenvalue weighted by Crippen LogP contribution is -1.72. The van der Waals surface area contributed by atoms with Crippen LogP contribution in [0.1, 0.15) is 0 Å². The molecule has 1 radical (unpaired) electrons. The first-order valence-corrected chi connectivity index (χ1v) is 3.52. The Bertz CT molecular complexity index is 150. The van der Waals surface area contributed by atoms with Crippen LogP contribution in [0.5, 0.6) is 0 Å². The van der Waals surface area contributed by atoms with Gasteiger partial charge in [-0.2, -0.15) is 0 Å². The van der Waals surface area contributed by atoms with E-state index in [4.69, 9.17) is 0 Å². The molecule has 0 aliphatic rings. The van der Waals surface area contributed by atoms with Crippen LogP contribution in [0.25, 0.3) is 0 Å². The molecule has 1 nitrogen and oxygen atoms in total. The predicted molar refractivity (Wildman–Crippen MR) is 34.9 cm³/mol.